The number of fused-ring (bicyclic) bond motifs is 2. The number of aromatic nitrogens is 2. The highest BCUT2D eigenvalue weighted by Crippen LogP contribution is 2.66. The van der Waals surface area contributed by atoms with Crippen molar-refractivity contribution >= 4 is 22.2 Å². The maximum absolute atomic E-state index is 13.9. The third-order valence-corrected chi connectivity index (χ3v) is 7.25. The molecule has 6 heteroatoms. The molecule has 0 aliphatic heterocycles. The minimum absolute atomic E-state index is 0.137. The second-order valence-electron chi connectivity index (χ2n) is 9.25. The first kappa shape index (κ1) is 21.0. The van der Waals surface area contributed by atoms with E-state index < -0.39 is 0 Å². The van der Waals surface area contributed by atoms with Crippen LogP contribution in [0.3, 0.4) is 0 Å². The third-order valence-electron chi connectivity index (χ3n) is 7.25. The molecule has 4 aromatic carbocycles. The van der Waals surface area contributed by atoms with Crippen LogP contribution < -0.4 is 0 Å². The molecule has 0 bridgehead atoms. The lowest BCUT2D eigenvalue weighted by Gasteiger charge is -2.49. The Labute approximate surface area is 205 Å². The molecule has 1 aliphatic carbocycles. The average molecular weight is 478 g/mol. The van der Waals surface area contributed by atoms with Crippen LogP contribution in [0.15, 0.2) is 106 Å². The van der Waals surface area contributed by atoms with Gasteiger partial charge in [0.25, 0.3) is 0 Å². The standard InChI is InChI=1S/C30H20F2N2O2/c31-19-13-9-17(10-14-19)25-27(29-33-21-5-1-3-7-23(21)35-29)26(18-11-15-20(32)16-12-18)28(25)30-34-22-6-2-4-8-24(22)36-30/h1-16,25-28H. The van der Waals surface area contributed by atoms with Crippen molar-refractivity contribution in [3.8, 4) is 0 Å². The fraction of sp³-hybridized carbons (Fsp3) is 0.133. The Balaban J connectivity index is 1.43. The first-order valence-electron chi connectivity index (χ1n) is 11.9. The molecule has 1 saturated carbocycles. The summed E-state index contributed by atoms with van der Waals surface area (Å²) in [7, 11) is 0. The fourth-order valence-corrected chi connectivity index (χ4v) is 5.63. The summed E-state index contributed by atoms with van der Waals surface area (Å²) in [5.74, 6) is -0.0698. The maximum atomic E-state index is 13.9. The topological polar surface area (TPSA) is 52.1 Å². The number of halogens is 2. The van der Waals surface area contributed by atoms with Crippen LogP contribution in [-0.2, 0) is 0 Å². The lowest BCUT2D eigenvalue weighted by atomic mass is 9.52. The normalized spacial score (nSPS) is 21.6. The van der Waals surface area contributed by atoms with Crippen LogP contribution in [0.25, 0.3) is 22.2 Å². The smallest absolute Gasteiger partial charge is 0.199 e. The predicted octanol–water partition coefficient (Wildman–Crippen LogP) is 7.70. The van der Waals surface area contributed by atoms with Crippen LogP contribution in [0, 0.1) is 11.6 Å². The molecular weight excluding hydrogens is 458 g/mol. The summed E-state index contributed by atoms with van der Waals surface area (Å²) in [6.07, 6.45) is 0. The zero-order valence-electron chi connectivity index (χ0n) is 19.0. The molecule has 6 aromatic rings. The quantitative estimate of drug-likeness (QED) is 0.261. The van der Waals surface area contributed by atoms with Gasteiger partial charge < -0.3 is 8.83 Å². The fourth-order valence-electron chi connectivity index (χ4n) is 5.63. The van der Waals surface area contributed by atoms with Crippen LogP contribution in [0.1, 0.15) is 46.6 Å². The van der Waals surface area contributed by atoms with Crippen LogP contribution in [0.2, 0.25) is 0 Å². The molecule has 0 amide bonds. The van der Waals surface area contributed by atoms with E-state index in [4.69, 9.17) is 18.8 Å². The number of hydrogen-bond acceptors (Lipinski definition) is 4. The highest BCUT2D eigenvalue weighted by Gasteiger charge is 2.57. The molecule has 0 unspecified atom stereocenters. The second kappa shape index (κ2) is 8.12. The summed E-state index contributed by atoms with van der Waals surface area (Å²) in [5, 5.41) is 0. The molecule has 0 radical (unpaired) electrons. The number of rotatable bonds is 4. The number of benzene rings is 4. The van der Waals surface area contributed by atoms with E-state index in [0.29, 0.717) is 22.9 Å². The third kappa shape index (κ3) is 3.33. The summed E-state index contributed by atoms with van der Waals surface area (Å²) < 4.78 is 40.3. The molecule has 36 heavy (non-hydrogen) atoms. The summed E-state index contributed by atoms with van der Waals surface area (Å²) in [6, 6.07) is 28.3. The van der Waals surface area contributed by atoms with Gasteiger partial charge >= 0.3 is 0 Å². The Hall–Kier alpha value is -4.32. The van der Waals surface area contributed by atoms with E-state index >= 15 is 0 Å². The predicted molar refractivity (Wildman–Crippen MR) is 132 cm³/mol. The zero-order chi connectivity index (χ0) is 24.2. The van der Waals surface area contributed by atoms with Crippen LogP contribution in [0.5, 0.6) is 0 Å². The maximum Gasteiger partial charge on any atom is 0.199 e. The zero-order valence-corrected chi connectivity index (χ0v) is 19.0. The molecule has 1 fully saturated rings. The first-order chi connectivity index (χ1) is 17.7. The van der Waals surface area contributed by atoms with Crippen molar-refractivity contribution in [3.63, 3.8) is 0 Å². The van der Waals surface area contributed by atoms with Crippen molar-refractivity contribution in [2.24, 2.45) is 0 Å². The van der Waals surface area contributed by atoms with Gasteiger partial charge in [0.1, 0.15) is 22.7 Å². The van der Waals surface area contributed by atoms with Gasteiger partial charge in [0.05, 0.1) is 11.8 Å². The molecule has 1 aliphatic rings. The van der Waals surface area contributed by atoms with Crippen LogP contribution in [0.4, 0.5) is 8.78 Å². The molecule has 176 valence electrons. The van der Waals surface area contributed by atoms with E-state index in [0.717, 1.165) is 22.2 Å². The van der Waals surface area contributed by atoms with E-state index in [1.807, 2.05) is 48.5 Å². The van der Waals surface area contributed by atoms with Gasteiger partial charge in [-0.25, -0.2) is 18.7 Å². The Morgan fingerprint density at radius 2 is 0.861 bits per heavy atom. The molecule has 2 aromatic heterocycles. The second-order valence-corrected chi connectivity index (χ2v) is 9.25. The minimum Gasteiger partial charge on any atom is -0.440 e. The van der Waals surface area contributed by atoms with E-state index in [1.54, 1.807) is 24.3 Å². The van der Waals surface area contributed by atoms with E-state index in [1.165, 1.54) is 24.3 Å². The largest absolute Gasteiger partial charge is 0.440 e. The average Bonchev–Trinajstić information content (AvgIpc) is 3.49. The number of hydrogen-bond donors (Lipinski definition) is 0. The van der Waals surface area contributed by atoms with E-state index in [-0.39, 0.29) is 35.3 Å². The summed E-state index contributed by atoms with van der Waals surface area (Å²) in [6.45, 7) is 0. The first-order valence-corrected chi connectivity index (χ1v) is 11.9. The Morgan fingerprint density at radius 1 is 0.472 bits per heavy atom. The van der Waals surface area contributed by atoms with Crippen LogP contribution >= 0.6 is 0 Å². The molecule has 2 heterocycles. The van der Waals surface area contributed by atoms with E-state index in [9.17, 15) is 8.78 Å². The SMILES string of the molecule is Fc1ccc(C2C(c3nc4ccccc4o3)C(c3ccc(F)cc3)C2c2nc3ccccc3o2)cc1. The molecule has 0 N–H and O–H groups in total. The molecule has 0 spiro atoms. The highest BCUT2D eigenvalue weighted by molar-refractivity contribution is 5.73. The van der Waals surface area contributed by atoms with Gasteiger partial charge in [-0.05, 0) is 59.7 Å². The number of nitrogens with zero attached hydrogens (tertiary/aromatic N) is 2. The van der Waals surface area contributed by atoms with Crippen LogP contribution in [-0.4, -0.2) is 9.97 Å². The van der Waals surface area contributed by atoms with Gasteiger partial charge in [0, 0.05) is 11.8 Å². The van der Waals surface area contributed by atoms with Crippen molar-refractivity contribution in [1.82, 2.24) is 9.97 Å². The molecular formula is C30H20F2N2O2. The van der Waals surface area contributed by atoms with Gasteiger partial charge in [-0.1, -0.05) is 48.5 Å². The Bertz CT molecular complexity index is 1490. The van der Waals surface area contributed by atoms with Gasteiger partial charge in [0.2, 0.25) is 0 Å². The minimum atomic E-state index is -0.301. The Kier molecular flexibility index (Phi) is 4.74. The van der Waals surface area contributed by atoms with Gasteiger partial charge in [-0.15, -0.1) is 0 Å². The van der Waals surface area contributed by atoms with Gasteiger partial charge in [0.15, 0.2) is 22.9 Å². The van der Waals surface area contributed by atoms with Gasteiger partial charge in [-0.3, -0.25) is 0 Å². The van der Waals surface area contributed by atoms with Crippen molar-refractivity contribution in [3.05, 3.63) is 132 Å². The molecule has 4 nitrogen and oxygen atoms in total. The molecule has 0 saturated heterocycles. The number of para-hydroxylation sites is 4. The summed E-state index contributed by atoms with van der Waals surface area (Å²) >= 11 is 0. The monoisotopic (exact) mass is 478 g/mol. The summed E-state index contributed by atoms with van der Waals surface area (Å²) in [4.78, 5) is 9.65. The highest BCUT2D eigenvalue weighted by atomic mass is 19.1. The molecule has 0 atom stereocenters. The Morgan fingerprint density at radius 3 is 1.25 bits per heavy atom. The van der Waals surface area contributed by atoms with Crippen molar-refractivity contribution in [1.29, 1.82) is 0 Å². The van der Waals surface area contributed by atoms with Crippen molar-refractivity contribution in [2.45, 2.75) is 23.7 Å². The summed E-state index contributed by atoms with van der Waals surface area (Å²) in [5.41, 5.74) is 4.83. The van der Waals surface area contributed by atoms with Crippen molar-refractivity contribution < 1.29 is 17.6 Å². The lowest BCUT2D eigenvalue weighted by Crippen LogP contribution is -2.40. The number of oxazole rings is 2. The van der Waals surface area contributed by atoms with Gasteiger partial charge in [-0.2, -0.15) is 0 Å². The lowest BCUT2D eigenvalue weighted by molar-refractivity contribution is 0.172. The van der Waals surface area contributed by atoms with Crippen molar-refractivity contribution in [2.75, 3.05) is 0 Å². The van der Waals surface area contributed by atoms with E-state index in [2.05, 4.69) is 0 Å². The molecule has 7 rings (SSSR count).